The molecule has 3 nitrogen and oxygen atoms in total. The lowest BCUT2D eigenvalue weighted by atomic mass is 10.5. The number of aliphatic hydroxyl groups is 1. The average Bonchev–Trinajstić information content (AvgIpc) is 2.20. The second kappa shape index (κ2) is 2.66. The number of rotatable bonds is 2. The highest BCUT2D eigenvalue weighted by molar-refractivity contribution is 5.90. The summed E-state index contributed by atoms with van der Waals surface area (Å²) in [6.45, 7) is 3.86. The van der Waals surface area contributed by atoms with Gasteiger partial charge in [0, 0.05) is 12.6 Å². The molecular weight excluding hydrogens is 130 g/mol. The molecule has 0 spiro atoms. The zero-order chi connectivity index (χ0) is 7.56. The van der Waals surface area contributed by atoms with Gasteiger partial charge in [0.25, 0.3) is 0 Å². The van der Waals surface area contributed by atoms with E-state index in [1.807, 2.05) is 0 Å². The Hall–Kier alpha value is -1.09. The van der Waals surface area contributed by atoms with Crippen LogP contribution < -0.4 is 0 Å². The largest absolute Gasteiger partial charge is 0.370 e. The van der Waals surface area contributed by atoms with Crippen molar-refractivity contribution >= 4 is 5.91 Å². The molecular formula is C7H9NO2. The standard InChI is InChI=1S/C7H9NO2/c1-2-5-8-6(9)3-4-7(8)10/h2-4,6,9H,1,5H2/t6-/m0/s1. The summed E-state index contributed by atoms with van der Waals surface area (Å²) in [7, 11) is 0. The van der Waals surface area contributed by atoms with Crippen molar-refractivity contribution in [2.45, 2.75) is 6.23 Å². The summed E-state index contributed by atoms with van der Waals surface area (Å²) in [5.41, 5.74) is 0. The number of hydrogen-bond donors (Lipinski definition) is 1. The van der Waals surface area contributed by atoms with Crippen LogP contribution in [0.15, 0.2) is 24.8 Å². The molecule has 10 heavy (non-hydrogen) atoms. The van der Waals surface area contributed by atoms with E-state index in [0.717, 1.165) is 0 Å². The van der Waals surface area contributed by atoms with Crippen LogP contribution in [0.2, 0.25) is 0 Å². The summed E-state index contributed by atoms with van der Waals surface area (Å²) in [6.07, 6.45) is 3.62. The van der Waals surface area contributed by atoms with Crippen LogP contribution in [0.3, 0.4) is 0 Å². The molecule has 0 aromatic heterocycles. The monoisotopic (exact) mass is 139 g/mol. The summed E-state index contributed by atoms with van der Waals surface area (Å²) in [5.74, 6) is -0.160. The Balaban J connectivity index is 2.59. The summed E-state index contributed by atoms with van der Waals surface area (Å²) in [4.78, 5) is 12.1. The molecule has 3 heteroatoms. The predicted molar refractivity (Wildman–Crippen MR) is 37.1 cm³/mol. The van der Waals surface area contributed by atoms with Crippen LogP contribution in [-0.4, -0.2) is 28.7 Å². The average molecular weight is 139 g/mol. The second-order valence-corrected chi connectivity index (χ2v) is 2.05. The number of carbonyl (C=O) groups excluding carboxylic acids is 1. The third-order valence-electron chi connectivity index (χ3n) is 1.34. The first-order valence-corrected chi connectivity index (χ1v) is 3.03. The van der Waals surface area contributed by atoms with Gasteiger partial charge in [-0.25, -0.2) is 0 Å². The van der Waals surface area contributed by atoms with Gasteiger partial charge in [0.15, 0.2) is 0 Å². The van der Waals surface area contributed by atoms with Gasteiger partial charge in [-0.1, -0.05) is 6.08 Å². The van der Waals surface area contributed by atoms with Gasteiger partial charge in [0.2, 0.25) is 5.91 Å². The summed E-state index contributed by atoms with van der Waals surface area (Å²) in [5, 5.41) is 9.06. The summed E-state index contributed by atoms with van der Waals surface area (Å²) in [6, 6.07) is 0. The molecule has 1 amide bonds. The number of amides is 1. The SMILES string of the molecule is C=CCN1C(=O)C=C[C@@H]1O. The van der Waals surface area contributed by atoms with Crippen LogP contribution in [0, 0.1) is 0 Å². The Bertz CT molecular complexity index is 186. The van der Waals surface area contributed by atoms with Crippen molar-refractivity contribution in [1.29, 1.82) is 0 Å². The second-order valence-electron chi connectivity index (χ2n) is 2.05. The lowest BCUT2D eigenvalue weighted by Crippen LogP contribution is -2.33. The number of nitrogens with zero attached hydrogens (tertiary/aromatic N) is 1. The van der Waals surface area contributed by atoms with E-state index in [4.69, 9.17) is 5.11 Å². The molecule has 1 N–H and O–H groups in total. The lowest BCUT2D eigenvalue weighted by molar-refractivity contribution is -0.129. The van der Waals surface area contributed by atoms with Crippen LogP contribution in [-0.2, 0) is 4.79 Å². The van der Waals surface area contributed by atoms with Crippen molar-refractivity contribution < 1.29 is 9.90 Å². The van der Waals surface area contributed by atoms with Crippen LogP contribution in [0.4, 0.5) is 0 Å². The zero-order valence-electron chi connectivity index (χ0n) is 5.53. The third-order valence-corrected chi connectivity index (χ3v) is 1.34. The highest BCUT2D eigenvalue weighted by Gasteiger charge is 2.21. The van der Waals surface area contributed by atoms with Gasteiger partial charge in [-0.2, -0.15) is 0 Å². The van der Waals surface area contributed by atoms with Crippen molar-refractivity contribution in [3.8, 4) is 0 Å². The molecule has 0 saturated carbocycles. The molecule has 0 fully saturated rings. The van der Waals surface area contributed by atoms with Gasteiger partial charge in [-0.05, 0) is 6.08 Å². The number of aliphatic hydroxyl groups excluding tert-OH is 1. The molecule has 1 heterocycles. The van der Waals surface area contributed by atoms with Crippen LogP contribution in [0.5, 0.6) is 0 Å². The molecule has 0 aromatic rings. The van der Waals surface area contributed by atoms with E-state index in [1.165, 1.54) is 17.1 Å². The Kier molecular flexibility index (Phi) is 1.87. The first kappa shape index (κ1) is 7.02. The van der Waals surface area contributed by atoms with Crippen LogP contribution in [0.1, 0.15) is 0 Å². The maximum atomic E-state index is 10.8. The maximum Gasteiger partial charge on any atom is 0.248 e. The van der Waals surface area contributed by atoms with E-state index >= 15 is 0 Å². The fraction of sp³-hybridized carbons (Fsp3) is 0.286. The number of carbonyl (C=O) groups is 1. The van der Waals surface area contributed by atoms with Gasteiger partial charge in [0.05, 0.1) is 0 Å². The van der Waals surface area contributed by atoms with E-state index in [9.17, 15) is 4.79 Å². The minimum absolute atomic E-state index is 0.160. The van der Waals surface area contributed by atoms with Crippen molar-refractivity contribution in [2.75, 3.05) is 6.54 Å². The molecule has 1 aliphatic heterocycles. The highest BCUT2D eigenvalue weighted by atomic mass is 16.3. The van der Waals surface area contributed by atoms with Crippen molar-refractivity contribution in [1.82, 2.24) is 4.90 Å². The van der Waals surface area contributed by atoms with Gasteiger partial charge in [-0.15, -0.1) is 6.58 Å². The van der Waals surface area contributed by atoms with E-state index in [-0.39, 0.29) is 5.91 Å². The van der Waals surface area contributed by atoms with Gasteiger partial charge in [0.1, 0.15) is 6.23 Å². The van der Waals surface area contributed by atoms with E-state index < -0.39 is 6.23 Å². The quantitative estimate of drug-likeness (QED) is 0.542. The lowest BCUT2D eigenvalue weighted by Gasteiger charge is -2.17. The van der Waals surface area contributed by atoms with Gasteiger partial charge < -0.3 is 10.0 Å². The molecule has 1 rings (SSSR count). The Morgan fingerprint density at radius 3 is 3.00 bits per heavy atom. The van der Waals surface area contributed by atoms with Crippen molar-refractivity contribution in [3.63, 3.8) is 0 Å². The van der Waals surface area contributed by atoms with Crippen LogP contribution >= 0.6 is 0 Å². The minimum Gasteiger partial charge on any atom is -0.370 e. The van der Waals surface area contributed by atoms with E-state index in [0.29, 0.717) is 6.54 Å². The predicted octanol–water partition coefficient (Wildman–Crippen LogP) is -0.111. The zero-order valence-corrected chi connectivity index (χ0v) is 5.53. The Morgan fingerprint density at radius 1 is 1.90 bits per heavy atom. The summed E-state index contributed by atoms with van der Waals surface area (Å²) < 4.78 is 0. The molecule has 0 saturated heterocycles. The molecule has 1 atom stereocenters. The molecule has 0 aliphatic carbocycles. The van der Waals surface area contributed by atoms with E-state index in [1.54, 1.807) is 6.08 Å². The molecule has 54 valence electrons. The van der Waals surface area contributed by atoms with Crippen molar-refractivity contribution in [3.05, 3.63) is 24.8 Å². The van der Waals surface area contributed by atoms with E-state index in [2.05, 4.69) is 6.58 Å². The molecule has 1 aliphatic rings. The molecule has 0 aromatic carbocycles. The normalized spacial score (nSPS) is 23.9. The Morgan fingerprint density at radius 2 is 2.60 bits per heavy atom. The fourth-order valence-corrected chi connectivity index (χ4v) is 0.835. The molecule has 0 unspecified atom stereocenters. The first-order chi connectivity index (χ1) is 4.75. The Labute approximate surface area is 59.3 Å². The van der Waals surface area contributed by atoms with Crippen LogP contribution in [0.25, 0.3) is 0 Å². The maximum absolute atomic E-state index is 10.8. The highest BCUT2D eigenvalue weighted by Crippen LogP contribution is 2.06. The van der Waals surface area contributed by atoms with Gasteiger partial charge in [-0.3, -0.25) is 4.79 Å². The molecule has 0 radical (unpaired) electrons. The van der Waals surface area contributed by atoms with Crippen molar-refractivity contribution in [2.24, 2.45) is 0 Å². The first-order valence-electron chi connectivity index (χ1n) is 3.03. The smallest absolute Gasteiger partial charge is 0.248 e. The summed E-state index contributed by atoms with van der Waals surface area (Å²) >= 11 is 0. The van der Waals surface area contributed by atoms with Gasteiger partial charge >= 0.3 is 0 Å². The fourth-order valence-electron chi connectivity index (χ4n) is 0.835. The topological polar surface area (TPSA) is 40.5 Å². The number of hydrogen-bond acceptors (Lipinski definition) is 2. The minimum atomic E-state index is -0.759. The third kappa shape index (κ3) is 1.09. The molecule has 0 bridgehead atoms.